The molecule has 5 nitrogen and oxygen atoms in total. The molecule has 0 heterocycles. The van der Waals surface area contributed by atoms with E-state index in [-0.39, 0.29) is 12.3 Å². The Labute approximate surface area is 127 Å². The van der Waals surface area contributed by atoms with E-state index in [0.717, 1.165) is 11.1 Å². The zero-order chi connectivity index (χ0) is 15.4. The molecule has 0 spiro atoms. The highest BCUT2D eigenvalue weighted by atomic mass is 35.5. The lowest BCUT2D eigenvalue weighted by Crippen LogP contribution is -2.04. The smallest absolute Gasteiger partial charge is 0.277 e. The number of halogens is 1. The van der Waals surface area contributed by atoms with Gasteiger partial charge in [0, 0.05) is 23.2 Å². The van der Waals surface area contributed by atoms with Gasteiger partial charge in [0.2, 0.25) is 0 Å². The van der Waals surface area contributed by atoms with Crippen molar-refractivity contribution in [3.8, 4) is 5.75 Å². The number of nitro benzene ring substituents is 1. The van der Waals surface area contributed by atoms with E-state index < -0.39 is 4.92 Å². The van der Waals surface area contributed by atoms with E-state index in [2.05, 4.69) is 0 Å². The molecule has 0 aliphatic rings. The predicted molar refractivity (Wildman–Crippen MR) is 81.5 cm³/mol. The Morgan fingerprint density at radius 2 is 2.00 bits per heavy atom. The fourth-order valence-electron chi connectivity index (χ4n) is 1.99. The van der Waals surface area contributed by atoms with Gasteiger partial charge in [-0.25, -0.2) is 0 Å². The quantitative estimate of drug-likeness (QED) is 0.676. The van der Waals surface area contributed by atoms with Crippen LogP contribution >= 0.6 is 11.6 Å². The van der Waals surface area contributed by atoms with Crippen molar-refractivity contribution in [2.75, 3.05) is 0 Å². The molecule has 0 aliphatic carbocycles. The number of hydrogen-bond donors (Lipinski definition) is 1. The molecule has 0 saturated heterocycles. The summed E-state index contributed by atoms with van der Waals surface area (Å²) in [6.45, 7) is 2.40. The standard InChI is InChI=1S/C15H15ClN2O3/c1-10-2-5-15(12(6-10)8-17)21-9-11-3-4-13(16)7-14(11)18(19)20/h2-7H,8-9,17H2,1H3. The summed E-state index contributed by atoms with van der Waals surface area (Å²) in [5, 5.41) is 11.3. The highest BCUT2D eigenvalue weighted by molar-refractivity contribution is 6.30. The molecule has 0 bridgehead atoms. The highest BCUT2D eigenvalue weighted by Crippen LogP contribution is 2.26. The SMILES string of the molecule is Cc1ccc(OCc2ccc(Cl)cc2[N+](=O)[O-])c(CN)c1. The van der Waals surface area contributed by atoms with Gasteiger partial charge in [-0.3, -0.25) is 10.1 Å². The molecule has 2 N–H and O–H groups in total. The van der Waals surface area contributed by atoms with Gasteiger partial charge in [-0.2, -0.15) is 0 Å². The second kappa shape index (κ2) is 6.56. The molecule has 21 heavy (non-hydrogen) atoms. The van der Waals surface area contributed by atoms with E-state index in [1.165, 1.54) is 6.07 Å². The van der Waals surface area contributed by atoms with Gasteiger partial charge in [0.15, 0.2) is 0 Å². The molecule has 2 rings (SSSR count). The van der Waals surface area contributed by atoms with Crippen molar-refractivity contribution < 1.29 is 9.66 Å². The van der Waals surface area contributed by atoms with Crippen LogP contribution in [0.1, 0.15) is 16.7 Å². The Morgan fingerprint density at radius 1 is 1.24 bits per heavy atom. The van der Waals surface area contributed by atoms with Crippen LogP contribution in [0, 0.1) is 17.0 Å². The zero-order valence-electron chi connectivity index (χ0n) is 11.5. The van der Waals surface area contributed by atoms with Crippen molar-refractivity contribution in [3.63, 3.8) is 0 Å². The van der Waals surface area contributed by atoms with Crippen LogP contribution in [0.25, 0.3) is 0 Å². The normalized spacial score (nSPS) is 10.4. The van der Waals surface area contributed by atoms with Crippen molar-refractivity contribution >= 4 is 17.3 Å². The van der Waals surface area contributed by atoms with E-state index in [4.69, 9.17) is 22.1 Å². The molecular weight excluding hydrogens is 292 g/mol. The van der Waals surface area contributed by atoms with Gasteiger partial charge >= 0.3 is 0 Å². The van der Waals surface area contributed by atoms with Crippen LogP contribution < -0.4 is 10.5 Å². The average Bonchev–Trinajstić information content (AvgIpc) is 2.46. The third kappa shape index (κ3) is 3.71. The highest BCUT2D eigenvalue weighted by Gasteiger charge is 2.15. The van der Waals surface area contributed by atoms with Gasteiger partial charge in [-0.1, -0.05) is 29.3 Å². The lowest BCUT2D eigenvalue weighted by molar-refractivity contribution is -0.385. The zero-order valence-corrected chi connectivity index (χ0v) is 12.3. The summed E-state index contributed by atoms with van der Waals surface area (Å²) < 4.78 is 5.67. The largest absolute Gasteiger partial charge is 0.488 e. The average molecular weight is 307 g/mol. The summed E-state index contributed by atoms with van der Waals surface area (Å²) in [5.41, 5.74) is 8.05. The number of aryl methyl sites for hydroxylation is 1. The van der Waals surface area contributed by atoms with Gasteiger partial charge in [0.05, 0.1) is 10.5 Å². The molecule has 0 atom stereocenters. The number of benzene rings is 2. The summed E-state index contributed by atoms with van der Waals surface area (Å²) in [7, 11) is 0. The third-order valence-electron chi connectivity index (χ3n) is 3.06. The Kier molecular flexibility index (Phi) is 4.77. The van der Waals surface area contributed by atoms with Gasteiger partial charge < -0.3 is 10.5 Å². The van der Waals surface area contributed by atoms with Gasteiger partial charge in [-0.15, -0.1) is 0 Å². The lowest BCUT2D eigenvalue weighted by Gasteiger charge is -2.11. The first-order valence-electron chi connectivity index (χ1n) is 6.36. The van der Waals surface area contributed by atoms with E-state index in [0.29, 0.717) is 22.9 Å². The topological polar surface area (TPSA) is 78.4 Å². The number of hydrogen-bond acceptors (Lipinski definition) is 4. The van der Waals surface area contributed by atoms with Crippen LogP contribution in [0.5, 0.6) is 5.75 Å². The maximum absolute atomic E-state index is 11.0. The number of nitrogens with zero attached hydrogens (tertiary/aromatic N) is 1. The minimum absolute atomic E-state index is 0.0519. The summed E-state index contributed by atoms with van der Waals surface area (Å²) in [6, 6.07) is 10.2. The Bertz CT molecular complexity index is 674. The Hall–Kier alpha value is -2.11. The van der Waals surface area contributed by atoms with Crippen molar-refractivity contribution in [2.45, 2.75) is 20.1 Å². The van der Waals surface area contributed by atoms with Crippen molar-refractivity contribution in [3.05, 3.63) is 68.2 Å². The predicted octanol–water partition coefficient (Wildman–Crippen LogP) is 3.59. The molecule has 0 amide bonds. The number of nitrogens with two attached hydrogens (primary N) is 1. The molecule has 0 radical (unpaired) electrons. The Morgan fingerprint density at radius 3 is 2.67 bits per heavy atom. The number of nitro groups is 1. The molecule has 0 fully saturated rings. The first kappa shape index (κ1) is 15.3. The van der Waals surface area contributed by atoms with Gasteiger partial charge in [0.1, 0.15) is 12.4 Å². The molecule has 6 heteroatoms. The van der Waals surface area contributed by atoms with Gasteiger partial charge in [-0.05, 0) is 25.1 Å². The minimum Gasteiger partial charge on any atom is -0.488 e. The van der Waals surface area contributed by atoms with E-state index in [1.807, 2.05) is 25.1 Å². The van der Waals surface area contributed by atoms with Crippen LogP contribution in [-0.2, 0) is 13.2 Å². The Balaban J connectivity index is 2.22. The molecule has 0 aliphatic heterocycles. The van der Waals surface area contributed by atoms with E-state index >= 15 is 0 Å². The monoisotopic (exact) mass is 306 g/mol. The van der Waals surface area contributed by atoms with Crippen molar-refractivity contribution in [1.29, 1.82) is 0 Å². The summed E-state index contributed by atoms with van der Waals surface area (Å²) >= 11 is 5.78. The first-order valence-corrected chi connectivity index (χ1v) is 6.74. The van der Waals surface area contributed by atoms with Gasteiger partial charge in [0.25, 0.3) is 5.69 Å². The van der Waals surface area contributed by atoms with Crippen LogP contribution in [0.2, 0.25) is 5.02 Å². The van der Waals surface area contributed by atoms with Crippen molar-refractivity contribution in [1.82, 2.24) is 0 Å². The molecule has 0 aromatic heterocycles. The van der Waals surface area contributed by atoms with Crippen LogP contribution in [-0.4, -0.2) is 4.92 Å². The fraction of sp³-hybridized carbons (Fsp3) is 0.200. The molecule has 2 aromatic carbocycles. The molecular formula is C15H15ClN2O3. The lowest BCUT2D eigenvalue weighted by atomic mass is 10.1. The van der Waals surface area contributed by atoms with E-state index in [9.17, 15) is 10.1 Å². The first-order chi connectivity index (χ1) is 10.0. The summed E-state index contributed by atoms with van der Waals surface area (Å²) in [6.07, 6.45) is 0. The minimum atomic E-state index is -0.469. The molecule has 2 aromatic rings. The maximum atomic E-state index is 11.0. The van der Waals surface area contributed by atoms with Crippen LogP contribution in [0.4, 0.5) is 5.69 Å². The van der Waals surface area contributed by atoms with Crippen molar-refractivity contribution in [2.24, 2.45) is 5.73 Å². The third-order valence-corrected chi connectivity index (χ3v) is 3.30. The van der Waals surface area contributed by atoms with Crippen LogP contribution in [0.3, 0.4) is 0 Å². The molecule has 0 unspecified atom stereocenters. The second-order valence-corrected chi connectivity index (χ2v) is 5.07. The molecule has 110 valence electrons. The number of rotatable bonds is 5. The van der Waals surface area contributed by atoms with Crippen LogP contribution in [0.15, 0.2) is 36.4 Å². The maximum Gasteiger partial charge on any atom is 0.277 e. The van der Waals surface area contributed by atoms with E-state index in [1.54, 1.807) is 12.1 Å². The second-order valence-electron chi connectivity index (χ2n) is 4.63. The summed E-state index contributed by atoms with van der Waals surface area (Å²) in [5.74, 6) is 0.632. The number of ether oxygens (including phenoxy) is 1. The fourth-order valence-corrected chi connectivity index (χ4v) is 2.16. The molecule has 0 saturated carbocycles. The summed E-state index contributed by atoms with van der Waals surface area (Å²) in [4.78, 5) is 10.6.